The summed E-state index contributed by atoms with van der Waals surface area (Å²) in [5.41, 5.74) is 1.21. The standard InChI is InChI=1S/C19H28ClN3OS/c1-21-18(23-15-5-4-12-25-13-15)22-14-19(8-10-24-11-9-19)16-6-2-3-7-17(16)20/h2-3,6-7,15H,4-5,8-14H2,1H3,(H2,21,22,23). The van der Waals surface area contributed by atoms with E-state index in [0.717, 1.165) is 49.3 Å². The van der Waals surface area contributed by atoms with Gasteiger partial charge in [0.2, 0.25) is 0 Å². The van der Waals surface area contributed by atoms with E-state index >= 15 is 0 Å². The first-order chi connectivity index (χ1) is 12.2. The van der Waals surface area contributed by atoms with Crippen molar-refractivity contribution in [1.82, 2.24) is 10.6 Å². The SMILES string of the molecule is CN=C(NCC1(c2ccccc2Cl)CCOCC1)NC1CCCSC1. The van der Waals surface area contributed by atoms with Crippen molar-refractivity contribution >= 4 is 29.3 Å². The normalized spacial score (nSPS) is 23.9. The molecule has 1 unspecified atom stereocenters. The van der Waals surface area contributed by atoms with Gasteiger partial charge in [0, 0.05) is 49.0 Å². The fourth-order valence-electron chi connectivity index (χ4n) is 3.69. The summed E-state index contributed by atoms with van der Waals surface area (Å²) in [7, 11) is 1.84. The minimum Gasteiger partial charge on any atom is -0.381 e. The van der Waals surface area contributed by atoms with Gasteiger partial charge in [-0.1, -0.05) is 29.8 Å². The minimum atomic E-state index is -0.00444. The average molecular weight is 382 g/mol. The van der Waals surface area contributed by atoms with Crippen molar-refractivity contribution in [2.24, 2.45) is 4.99 Å². The quantitative estimate of drug-likeness (QED) is 0.619. The van der Waals surface area contributed by atoms with Gasteiger partial charge in [0.05, 0.1) is 0 Å². The van der Waals surface area contributed by atoms with Gasteiger partial charge < -0.3 is 15.4 Å². The molecule has 2 aliphatic rings. The molecule has 0 saturated carbocycles. The molecule has 0 amide bonds. The van der Waals surface area contributed by atoms with Crippen LogP contribution < -0.4 is 10.6 Å². The molecule has 0 aromatic heterocycles. The third-order valence-electron chi connectivity index (χ3n) is 5.21. The highest BCUT2D eigenvalue weighted by Gasteiger charge is 2.36. The highest BCUT2D eigenvalue weighted by atomic mass is 35.5. The zero-order valence-electron chi connectivity index (χ0n) is 14.9. The van der Waals surface area contributed by atoms with Crippen LogP contribution in [0.1, 0.15) is 31.2 Å². The molecule has 0 bridgehead atoms. The number of hydrogen-bond donors (Lipinski definition) is 2. The number of halogens is 1. The lowest BCUT2D eigenvalue weighted by molar-refractivity contribution is 0.0514. The molecule has 138 valence electrons. The third-order valence-corrected chi connectivity index (χ3v) is 6.76. The molecule has 2 aliphatic heterocycles. The molecule has 0 spiro atoms. The van der Waals surface area contributed by atoms with Gasteiger partial charge in [-0.15, -0.1) is 0 Å². The topological polar surface area (TPSA) is 45.7 Å². The van der Waals surface area contributed by atoms with Crippen LogP contribution in [-0.2, 0) is 10.2 Å². The molecule has 2 saturated heterocycles. The summed E-state index contributed by atoms with van der Waals surface area (Å²) in [6.45, 7) is 2.37. The number of rotatable bonds is 4. The molecule has 1 aromatic rings. The summed E-state index contributed by atoms with van der Waals surface area (Å²) in [4.78, 5) is 4.43. The second kappa shape index (κ2) is 9.15. The van der Waals surface area contributed by atoms with E-state index in [1.165, 1.54) is 24.2 Å². The second-order valence-corrected chi connectivity index (χ2v) is 8.41. The van der Waals surface area contributed by atoms with Gasteiger partial charge in [0.15, 0.2) is 5.96 Å². The van der Waals surface area contributed by atoms with Crippen molar-refractivity contribution in [3.8, 4) is 0 Å². The summed E-state index contributed by atoms with van der Waals surface area (Å²) in [5.74, 6) is 3.33. The molecule has 2 N–H and O–H groups in total. The molecule has 1 aromatic carbocycles. The fourth-order valence-corrected chi connectivity index (χ4v) is 5.10. The van der Waals surface area contributed by atoms with Crippen molar-refractivity contribution in [2.45, 2.75) is 37.1 Å². The summed E-state index contributed by atoms with van der Waals surface area (Å²) >= 11 is 8.56. The van der Waals surface area contributed by atoms with Crippen molar-refractivity contribution < 1.29 is 4.74 Å². The van der Waals surface area contributed by atoms with Crippen molar-refractivity contribution in [3.63, 3.8) is 0 Å². The smallest absolute Gasteiger partial charge is 0.191 e. The van der Waals surface area contributed by atoms with E-state index in [4.69, 9.17) is 16.3 Å². The highest BCUT2D eigenvalue weighted by Crippen LogP contribution is 2.38. The molecule has 1 atom stereocenters. The number of ether oxygens (including phenoxy) is 1. The molecular formula is C19H28ClN3OS. The summed E-state index contributed by atoms with van der Waals surface area (Å²) in [5, 5.41) is 8.00. The lowest BCUT2D eigenvalue weighted by Gasteiger charge is -2.39. The number of nitrogens with one attached hydrogen (secondary N) is 2. The third kappa shape index (κ3) is 4.83. The summed E-state index contributed by atoms with van der Waals surface area (Å²) in [6.07, 6.45) is 4.44. The monoisotopic (exact) mass is 381 g/mol. The zero-order valence-corrected chi connectivity index (χ0v) is 16.5. The first-order valence-electron chi connectivity index (χ1n) is 9.11. The van der Waals surface area contributed by atoms with Crippen LogP contribution in [0.5, 0.6) is 0 Å². The van der Waals surface area contributed by atoms with Crippen molar-refractivity contribution in [1.29, 1.82) is 0 Å². The first kappa shape index (κ1) is 18.9. The van der Waals surface area contributed by atoms with E-state index in [9.17, 15) is 0 Å². The van der Waals surface area contributed by atoms with Crippen LogP contribution in [-0.4, -0.2) is 50.3 Å². The van der Waals surface area contributed by atoms with Gasteiger partial charge in [-0.2, -0.15) is 11.8 Å². The molecule has 25 heavy (non-hydrogen) atoms. The molecule has 2 heterocycles. The molecule has 2 fully saturated rings. The number of guanidine groups is 1. The van der Waals surface area contributed by atoms with E-state index in [1.807, 2.05) is 30.9 Å². The van der Waals surface area contributed by atoms with Crippen LogP contribution in [0.15, 0.2) is 29.3 Å². The Morgan fingerprint density at radius 2 is 2.16 bits per heavy atom. The number of thioether (sulfide) groups is 1. The fraction of sp³-hybridized carbons (Fsp3) is 0.632. The van der Waals surface area contributed by atoms with Gasteiger partial charge in [0.1, 0.15) is 0 Å². The van der Waals surface area contributed by atoms with E-state index in [1.54, 1.807) is 0 Å². The Bertz CT molecular complexity index is 584. The van der Waals surface area contributed by atoms with E-state index in [-0.39, 0.29) is 5.41 Å². The lowest BCUT2D eigenvalue weighted by atomic mass is 9.74. The number of nitrogens with zero attached hydrogens (tertiary/aromatic N) is 1. The average Bonchev–Trinajstić information content (AvgIpc) is 2.67. The highest BCUT2D eigenvalue weighted by molar-refractivity contribution is 7.99. The Hall–Kier alpha value is -0.910. The Kier molecular flexibility index (Phi) is 6.91. The van der Waals surface area contributed by atoms with Crippen LogP contribution >= 0.6 is 23.4 Å². The van der Waals surface area contributed by atoms with Gasteiger partial charge in [-0.25, -0.2) is 0 Å². The van der Waals surface area contributed by atoms with Gasteiger partial charge >= 0.3 is 0 Å². The van der Waals surface area contributed by atoms with Crippen molar-refractivity contribution in [3.05, 3.63) is 34.9 Å². The largest absolute Gasteiger partial charge is 0.381 e. The molecule has 0 radical (unpaired) electrons. The van der Waals surface area contributed by atoms with Crippen LogP contribution in [0.25, 0.3) is 0 Å². The Labute approximate surface area is 160 Å². The summed E-state index contributed by atoms with van der Waals surface area (Å²) < 4.78 is 5.62. The predicted octanol–water partition coefficient (Wildman–Crippen LogP) is 3.45. The second-order valence-electron chi connectivity index (χ2n) is 6.86. The van der Waals surface area contributed by atoms with Gasteiger partial charge in [0.25, 0.3) is 0 Å². The Balaban J connectivity index is 1.69. The molecule has 6 heteroatoms. The van der Waals surface area contributed by atoms with Crippen LogP contribution in [0.4, 0.5) is 0 Å². The molecule has 4 nitrogen and oxygen atoms in total. The number of hydrogen-bond acceptors (Lipinski definition) is 3. The molecule has 3 rings (SSSR count). The zero-order chi connectivity index (χ0) is 17.5. The van der Waals surface area contributed by atoms with Gasteiger partial charge in [-0.3, -0.25) is 4.99 Å². The molecular weight excluding hydrogens is 354 g/mol. The van der Waals surface area contributed by atoms with Crippen LogP contribution in [0.3, 0.4) is 0 Å². The Morgan fingerprint density at radius 3 is 2.84 bits per heavy atom. The van der Waals surface area contributed by atoms with E-state index < -0.39 is 0 Å². The van der Waals surface area contributed by atoms with Crippen molar-refractivity contribution in [2.75, 3.05) is 38.3 Å². The Morgan fingerprint density at radius 1 is 1.36 bits per heavy atom. The van der Waals surface area contributed by atoms with Crippen LogP contribution in [0.2, 0.25) is 5.02 Å². The van der Waals surface area contributed by atoms with E-state index in [2.05, 4.69) is 27.8 Å². The van der Waals surface area contributed by atoms with Crippen LogP contribution in [0, 0.1) is 0 Å². The summed E-state index contributed by atoms with van der Waals surface area (Å²) in [6, 6.07) is 8.72. The van der Waals surface area contributed by atoms with Gasteiger partial charge in [-0.05, 0) is 43.1 Å². The maximum atomic E-state index is 6.53. The van der Waals surface area contributed by atoms with E-state index in [0.29, 0.717) is 6.04 Å². The first-order valence-corrected chi connectivity index (χ1v) is 10.6. The maximum Gasteiger partial charge on any atom is 0.191 e. The minimum absolute atomic E-state index is 0.00444. The number of benzene rings is 1. The maximum absolute atomic E-state index is 6.53. The molecule has 0 aliphatic carbocycles. The predicted molar refractivity (Wildman–Crippen MR) is 108 cm³/mol. The number of aliphatic imine (C=N–C) groups is 1. The lowest BCUT2D eigenvalue weighted by Crippen LogP contribution is -2.51.